The monoisotopic (exact) mass is 314 g/mol. The molecule has 4 heteroatoms. The largest absolute Gasteiger partial charge is 0.368 e. The van der Waals surface area contributed by atoms with Crippen LogP contribution in [0, 0.1) is 0 Å². The zero-order chi connectivity index (χ0) is 16.4. The number of anilines is 1. The van der Waals surface area contributed by atoms with E-state index in [0.29, 0.717) is 5.95 Å². The molecule has 0 aliphatic rings. The summed E-state index contributed by atoms with van der Waals surface area (Å²) in [4.78, 5) is 8.37. The lowest BCUT2D eigenvalue weighted by atomic mass is 10.1. The van der Waals surface area contributed by atoms with Crippen molar-refractivity contribution < 1.29 is 0 Å². The summed E-state index contributed by atoms with van der Waals surface area (Å²) in [5, 5.41) is 1.18. The van der Waals surface area contributed by atoms with Gasteiger partial charge in [-0.1, -0.05) is 48.5 Å². The number of hydrogen-bond donors (Lipinski definition) is 1. The standard InChI is InChI=1S/C20H18N4/c21-20-22-12-10-18(23-20)17-14-24(19-9-5-4-8-16(17)19)13-11-15-6-2-1-3-7-15/h1-10,12,14H,11,13H2,(H2,21,22,23). The van der Waals surface area contributed by atoms with Gasteiger partial charge < -0.3 is 10.3 Å². The van der Waals surface area contributed by atoms with Gasteiger partial charge in [0, 0.05) is 35.4 Å². The Bertz CT molecular complexity index is 973. The van der Waals surface area contributed by atoms with Crippen LogP contribution in [-0.4, -0.2) is 14.5 Å². The number of fused-ring (bicyclic) bond motifs is 1. The summed E-state index contributed by atoms with van der Waals surface area (Å²) in [6.07, 6.45) is 4.86. The lowest BCUT2D eigenvalue weighted by Gasteiger charge is -2.05. The predicted molar refractivity (Wildman–Crippen MR) is 97.5 cm³/mol. The normalized spacial score (nSPS) is 11.0. The molecule has 2 aromatic carbocycles. The maximum Gasteiger partial charge on any atom is 0.220 e. The van der Waals surface area contributed by atoms with Gasteiger partial charge in [-0.05, 0) is 24.1 Å². The van der Waals surface area contributed by atoms with Crippen molar-refractivity contribution in [3.05, 3.63) is 78.6 Å². The van der Waals surface area contributed by atoms with E-state index in [4.69, 9.17) is 5.73 Å². The number of nitrogens with zero attached hydrogens (tertiary/aromatic N) is 3. The van der Waals surface area contributed by atoms with Crippen LogP contribution >= 0.6 is 0 Å². The van der Waals surface area contributed by atoms with Crippen molar-refractivity contribution in [2.75, 3.05) is 5.73 Å². The van der Waals surface area contributed by atoms with E-state index in [0.717, 1.165) is 24.2 Å². The highest BCUT2D eigenvalue weighted by Crippen LogP contribution is 2.29. The smallest absolute Gasteiger partial charge is 0.220 e. The number of rotatable bonds is 4. The zero-order valence-electron chi connectivity index (χ0n) is 13.3. The lowest BCUT2D eigenvalue weighted by molar-refractivity contribution is 0.723. The number of aromatic nitrogens is 3. The quantitative estimate of drug-likeness (QED) is 0.621. The minimum Gasteiger partial charge on any atom is -0.368 e. The Kier molecular flexibility index (Phi) is 3.71. The molecule has 0 aliphatic carbocycles. The van der Waals surface area contributed by atoms with Gasteiger partial charge in [-0.15, -0.1) is 0 Å². The SMILES string of the molecule is Nc1nccc(-c2cn(CCc3ccccc3)c3ccccc23)n1. The first kappa shape index (κ1) is 14.5. The van der Waals surface area contributed by atoms with Gasteiger partial charge in [0.25, 0.3) is 0 Å². The highest BCUT2D eigenvalue weighted by molar-refractivity contribution is 5.95. The number of nitrogen functional groups attached to an aromatic ring is 1. The first-order valence-electron chi connectivity index (χ1n) is 8.02. The molecule has 0 saturated heterocycles. The fraction of sp³-hybridized carbons (Fsp3) is 0.100. The fourth-order valence-electron chi connectivity index (χ4n) is 3.05. The number of hydrogen-bond acceptors (Lipinski definition) is 3. The van der Waals surface area contributed by atoms with Crippen LogP contribution in [0.1, 0.15) is 5.56 Å². The van der Waals surface area contributed by atoms with Crippen LogP contribution in [0.4, 0.5) is 5.95 Å². The van der Waals surface area contributed by atoms with E-state index in [1.807, 2.05) is 12.1 Å². The molecule has 0 fully saturated rings. The second-order valence-corrected chi connectivity index (χ2v) is 5.79. The van der Waals surface area contributed by atoms with E-state index in [2.05, 4.69) is 69.3 Å². The topological polar surface area (TPSA) is 56.7 Å². The molecule has 0 bridgehead atoms. The van der Waals surface area contributed by atoms with Gasteiger partial charge in [0.05, 0.1) is 5.69 Å². The highest BCUT2D eigenvalue weighted by Gasteiger charge is 2.11. The Morgan fingerprint density at radius 3 is 2.54 bits per heavy atom. The van der Waals surface area contributed by atoms with Crippen molar-refractivity contribution in [3.8, 4) is 11.3 Å². The van der Waals surface area contributed by atoms with Crippen LogP contribution in [0.2, 0.25) is 0 Å². The fourth-order valence-corrected chi connectivity index (χ4v) is 3.05. The van der Waals surface area contributed by atoms with E-state index in [1.165, 1.54) is 16.5 Å². The first-order valence-corrected chi connectivity index (χ1v) is 8.02. The minimum atomic E-state index is 0.300. The van der Waals surface area contributed by atoms with Crippen LogP contribution in [0.3, 0.4) is 0 Å². The van der Waals surface area contributed by atoms with Crippen molar-refractivity contribution in [2.24, 2.45) is 0 Å². The minimum absolute atomic E-state index is 0.300. The number of benzene rings is 2. The molecule has 2 heterocycles. The third kappa shape index (κ3) is 2.74. The average molecular weight is 314 g/mol. The second kappa shape index (κ2) is 6.16. The maximum atomic E-state index is 5.75. The second-order valence-electron chi connectivity index (χ2n) is 5.79. The van der Waals surface area contributed by atoms with Gasteiger partial charge in [-0.25, -0.2) is 9.97 Å². The molecule has 0 radical (unpaired) electrons. The molecule has 0 spiro atoms. The number of para-hydroxylation sites is 1. The van der Waals surface area contributed by atoms with Crippen molar-refractivity contribution in [1.29, 1.82) is 0 Å². The van der Waals surface area contributed by atoms with Crippen molar-refractivity contribution in [1.82, 2.24) is 14.5 Å². The van der Waals surface area contributed by atoms with Gasteiger partial charge in [0.1, 0.15) is 0 Å². The van der Waals surface area contributed by atoms with E-state index >= 15 is 0 Å². The van der Waals surface area contributed by atoms with Gasteiger partial charge in [-0.2, -0.15) is 0 Å². The van der Waals surface area contributed by atoms with E-state index in [-0.39, 0.29) is 0 Å². The van der Waals surface area contributed by atoms with E-state index < -0.39 is 0 Å². The molecule has 0 unspecified atom stereocenters. The molecular formula is C20H18N4. The maximum absolute atomic E-state index is 5.75. The van der Waals surface area contributed by atoms with Crippen molar-refractivity contribution in [2.45, 2.75) is 13.0 Å². The molecular weight excluding hydrogens is 296 g/mol. The van der Waals surface area contributed by atoms with Crippen LogP contribution in [-0.2, 0) is 13.0 Å². The summed E-state index contributed by atoms with van der Waals surface area (Å²) in [6, 6.07) is 20.8. The lowest BCUT2D eigenvalue weighted by Crippen LogP contribution is -1.99. The summed E-state index contributed by atoms with van der Waals surface area (Å²) in [5.41, 5.74) is 10.2. The van der Waals surface area contributed by atoms with Gasteiger partial charge >= 0.3 is 0 Å². The Hall–Kier alpha value is -3.14. The summed E-state index contributed by atoms with van der Waals surface area (Å²) in [7, 11) is 0. The molecule has 0 amide bonds. The molecule has 4 rings (SSSR count). The third-order valence-electron chi connectivity index (χ3n) is 4.22. The van der Waals surface area contributed by atoms with Crippen molar-refractivity contribution >= 4 is 16.9 Å². The van der Waals surface area contributed by atoms with Gasteiger partial charge in [0.2, 0.25) is 5.95 Å². The van der Waals surface area contributed by atoms with Crippen LogP contribution in [0.25, 0.3) is 22.2 Å². The van der Waals surface area contributed by atoms with Gasteiger partial charge in [-0.3, -0.25) is 0 Å². The third-order valence-corrected chi connectivity index (χ3v) is 4.22. The Balaban J connectivity index is 1.74. The molecule has 2 N–H and O–H groups in total. The van der Waals surface area contributed by atoms with E-state index in [9.17, 15) is 0 Å². The molecule has 4 nitrogen and oxygen atoms in total. The van der Waals surface area contributed by atoms with Crippen LogP contribution in [0.15, 0.2) is 73.1 Å². The molecule has 0 atom stereocenters. The number of nitrogens with two attached hydrogens (primary N) is 1. The summed E-state index contributed by atoms with van der Waals surface area (Å²) in [5.74, 6) is 0.300. The molecule has 24 heavy (non-hydrogen) atoms. The van der Waals surface area contributed by atoms with Gasteiger partial charge in [0.15, 0.2) is 0 Å². The molecule has 118 valence electrons. The van der Waals surface area contributed by atoms with Crippen molar-refractivity contribution in [3.63, 3.8) is 0 Å². The number of aryl methyl sites for hydroxylation is 2. The van der Waals surface area contributed by atoms with E-state index in [1.54, 1.807) is 6.20 Å². The van der Waals surface area contributed by atoms with Crippen LogP contribution < -0.4 is 5.73 Å². The Labute approximate surface area is 140 Å². The van der Waals surface area contributed by atoms with Crippen LogP contribution in [0.5, 0.6) is 0 Å². The Morgan fingerprint density at radius 1 is 0.917 bits per heavy atom. The molecule has 2 aromatic heterocycles. The average Bonchev–Trinajstić information content (AvgIpc) is 3.00. The zero-order valence-corrected chi connectivity index (χ0v) is 13.3. The molecule has 4 aromatic rings. The molecule has 0 aliphatic heterocycles. The Morgan fingerprint density at radius 2 is 1.71 bits per heavy atom. The predicted octanol–water partition coefficient (Wildman–Crippen LogP) is 3.92. The molecule has 0 saturated carbocycles. The first-order chi connectivity index (χ1) is 11.8. The highest BCUT2D eigenvalue weighted by atomic mass is 15.0. The summed E-state index contributed by atoms with van der Waals surface area (Å²) in [6.45, 7) is 0.922. The summed E-state index contributed by atoms with van der Waals surface area (Å²) < 4.78 is 2.29. The summed E-state index contributed by atoms with van der Waals surface area (Å²) >= 11 is 0.